The van der Waals surface area contributed by atoms with Gasteiger partial charge in [0.15, 0.2) is 0 Å². The van der Waals surface area contributed by atoms with E-state index in [1.54, 1.807) is 6.92 Å². The lowest BCUT2D eigenvalue weighted by atomic mass is 9.86. The molecule has 7 nitrogen and oxygen atoms in total. The second-order valence-electron chi connectivity index (χ2n) is 9.31. The molecular weight excluding hydrogens is 402 g/mol. The Kier molecular flexibility index (Phi) is 5.96. The molecule has 0 spiro atoms. The van der Waals surface area contributed by atoms with Gasteiger partial charge in [-0.05, 0) is 43.1 Å². The van der Waals surface area contributed by atoms with Crippen LogP contribution in [-0.4, -0.2) is 66.5 Å². The second kappa shape index (κ2) is 8.22. The molecule has 1 aliphatic heterocycles. The number of hydrogen-bond donors (Lipinski definition) is 2. The average Bonchev–Trinajstić information content (AvgIpc) is 3.33. The topological polar surface area (TPSA) is 90.0 Å². The number of nitrogens with zero attached hydrogens (tertiary/aromatic N) is 2. The van der Waals surface area contributed by atoms with Gasteiger partial charge in [0, 0.05) is 38.1 Å². The summed E-state index contributed by atoms with van der Waals surface area (Å²) in [6, 6.07) is 9.86. The zero-order valence-electron chi connectivity index (χ0n) is 17.8. The fourth-order valence-corrected chi connectivity index (χ4v) is 7.10. The van der Waals surface area contributed by atoms with Crippen molar-refractivity contribution in [1.29, 1.82) is 0 Å². The highest BCUT2D eigenvalue weighted by Crippen LogP contribution is 2.57. The van der Waals surface area contributed by atoms with Crippen LogP contribution in [0.5, 0.6) is 0 Å². The number of benzene rings is 1. The van der Waals surface area contributed by atoms with Gasteiger partial charge in [-0.1, -0.05) is 44.2 Å². The van der Waals surface area contributed by atoms with Crippen molar-refractivity contribution in [3.8, 4) is 0 Å². The normalized spacial score (nSPS) is 35.8. The van der Waals surface area contributed by atoms with E-state index in [1.165, 1.54) is 30.0 Å². The third-order valence-corrected chi connectivity index (χ3v) is 9.17. The molecule has 0 amide bonds. The zero-order valence-corrected chi connectivity index (χ0v) is 18.6. The first-order chi connectivity index (χ1) is 14.3. The maximum absolute atomic E-state index is 13.1. The Balaban J connectivity index is 1.42. The van der Waals surface area contributed by atoms with Crippen LogP contribution in [0.4, 0.5) is 0 Å². The fraction of sp³-hybridized carbons (Fsp3) is 0.682. The zero-order chi connectivity index (χ0) is 21.5. The molecule has 3 atom stereocenters. The molecule has 30 heavy (non-hydrogen) atoms. The number of rotatable bonds is 6. The molecule has 1 saturated heterocycles. The summed E-state index contributed by atoms with van der Waals surface area (Å²) in [5.41, 5.74) is -0.622. The minimum atomic E-state index is -3.88. The van der Waals surface area contributed by atoms with Gasteiger partial charge in [0.25, 0.3) is 10.2 Å². The maximum Gasteiger partial charge on any atom is 0.325 e. The van der Waals surface area contributed by atoms with Gasteiger partial charge < -0.3 is 5.11 Å². The number of nitrogens with one attached hydrogen (secondary N) is 1. The maximum atomic E-state index is 13.1. The molecule has 3 fully saturated rings. The molecule has 1 aromatic rings. The summed E-state index contributed by atoms with van der Waals surface area (Å²) < 4.78 is 30.3. The summed E-state index contributed by atoms with van der Waals surface area (Å²) in [6.45, 7) is 6.32. The molecular formula is C22H33N3O4S. The van der Waals surface area contributed by atoms with Gasteiger partial charge in [0.2, 0.25) is 0 Å². The molecule has 0 aromatic heterocycles. The van der Waals surface area contributed by atoms with E-state index in [4.69, 9.17) is 0 Å². The lowest BCUT2D eigenvalue weighted by Crippen LogP contribution is -2.58. The van der Waals surface area contributed by atoms with Crippen LogP contribution >= 0.6 is 0 Å². The van der Waals surface area contributed by atoms with Crippen LogP contribution in [0, 0.1) is 11.8 Å². The fourth-order valence-electron chi connectivity index (χ4n) is 5.50. The number of carbonyl (C=O) groups is 1. The number of piperazine rings is 1. The average molecular weight is 436 g/mol. The molecule has 1 aromatic carbocycles. The Morgan fingerprint density at radius 1 is 1.03 bits per heavy atom. The molecule has 8 heteroatoms. The molecule has 1 heterocycles. The van der Waals surface area contributed by atoms with E-state index in [9.17, 15) is 18.3 Å². The van der Waals surface area contributed by atoms with Crippen molar-refractivity contribution >= 4 is 16.2 Å². The first-order valence-corrected chi connectivity index (χ1v) is 12.5. The number of carboxylic acid groups (broad SMARTS) is 1. The standard InChI is InChI=1S/C22H33N3O4S/c1-16-8-10-19(11-9-16)24-12-14-25(15-13-24)30(28,29)23-22(21(26)27)17(2)20(22)18-6-4-3-5-7-18/h3-7,16-17,19-20,23H,8-15H2,1-2H3,(H,26,27)/t16?,17?,19?,20-,22-/m0/s1. The molecule has 3 aliphatic rings. The SMILES string of the molecule is CC1CCC(N2CCN(S(=O)(=O)N[C@@]3(C(=O)O)C(C)[C@H]3c3ccccc3)CC2)CC1. The monoisotopic (exact) mass is 435 g/mol. The lowest BCUT2D eigenvalue weighted by Gasteiger charge is -2.41. The summed E-state index contributed by atoms with van der Waals surface area (Å²) in [4.78, 5) is 14.6. The molecule has 0 radical (unpaired) electrons. The van der Waals surface area contributed by atoms with Crippen molar-refractivity contribution in [1.82, 2.24) is 13.9 Å². The summed E-state index contributed by atoms with van der Waals surface area (Å²) >= 11 is 0. The van der Waals surface area contributed by atoms with Gasteiger partial charge in [-0.2, -0.15) is 17.4 Å². The Morgan fingerprint density at radius 2 is 1.63 bits per heavy atom. The van der Waals surface area contributed by atoms with Crippen molar-refractivity contribution in [2.45, 2.75) is 57.0 Å². The lowest BCUT2D eigenvalue weighted by molar-refractivity contribution is -0.140. The van der Waals surface area contributed by atoms with Crippen molar-refractivity contribution in [2.75, 3.05) is 26.2 Å². The third-order valence-electron chi connectivity index (χ3n) is 7.53. The van der Waals surface area contributed by atoms with E-state index in [0.29, 0.717) is 32.2 Å². The van der Waals surface area contributed by atoms with E-state index in [2.05, 4.69) is 16.5 Å². The quantitative estimate of drug-likeness (QED) is 0.716. The largest absolute Gasteiger partial charge is 0.480 e. The van der Waals surface area contributed by atoms with E-state index >= 15 is 0 Å². The van der Waals surface area contributed by atoms with Gasteiger partial charge in [-0.15, -0.1) is 0 Å². The summed E-state index contributed by atoms with van der Waals surface area (Å²) in [5, 5.41) is 9.95. The number of aliphatic carboxylic acids is 1. The third kappa shape index (κ3) is 3.90. The predicted octanol–water partition coefficient (Wildman–Crippen LogP) is 2.27. The van der Waals surface area contributed by atoms with Crippen LogP contribution in [-0.2, 0) is 15.0 Å². The summed E-state index contributed by atoms with van der Waals surface area (Å²) in [6.07, 6.45) is 4.85. The van der Waals surface area contributed by atoms with Crippen molar-refractivity contribution in [3.63, 3.8) is 0 Å². The predicted molar refractivity (Wildman–Crippen MR) is 115 cm³/mol. The molecule has 1 unspecified atom stereocenters. The van der Waals surface area contributed by atoms with Gasteiger partial charge in [0.05, 0.1) is 0 Å². The minimum absolute atomic E-state index is 0.308. The van der Waals surface area contributed by atoms with Crippen molar-refractivity contribution in [2.24, 2.45) is 11.8 Å². The molecule has 2 aliphatic carbocycles. The molecule has 2 saturated carbocycles. The van der Waals surface area contributed by atoms with Crippen LogP contribution in [0.15, 0.2) is 30.3 Å². The van der Waals surface area contributed by atoms with E-state index < -0.39 is 21.7 Å². The van der Waals surface area contributed by atoms with E-state index in [-0.39, 0.29) is 11.8 Å². The van der Waals surface area contributed by atoms with Crippen molar-refractivity contribution < 1.29 is 18.3 Å². The number of carboxylic acids is 1. The first kappa shape index (κ1) is 21.7. The van der Waals surface area contributed by atoms with Crippen LogP contribution < -0.4 is 4.72 Å². The smallest absolute Gasteiger partial charge is 0.325 e. The van der Waals surface area contributed by atoms with Gasteiger partial charge in [-0.25, -0.2) is 0 Å². The Morgan fingerprint density at radius 3 is 2.20 bits per heavy atom. The number of hydrogen-bond acceptors (Lipinski definition) is 4. The van der Waals surface area contributed by atoms with E-state index in [1.807, 2.05) is 30.3 Å². The second-order valence-corrected chi connectivity index (χ2v) is 11.0. The highest BCUT2D eigenvalue weighted by molar-refractivity contribution is 7.87. The van der Waals surface area contributed by atoms with Crippen molar-refractivity contribution in [3.05, 3.63) is 35.9 Å². The highest BCUT2D eigenvalue weighted by Gasteiger charge is 2.70. The molecule has 4 rings (SSSR count). The first-order valence-electron chi connectivity index (χ1n) is 11.1. The van der Waals surface area contributed by atoms with Crippen LogP contribution in [0.1, 0.15) is 51.0 Å². The van der Waals surface area contributed by atoms with Gasteiger partial charge >= 0.3 is 5.97 Å². The summed E-state index contributed by atoms with van der Waals surface area (Å²) in [7, 11) is -3.88. The summed E-state index contributed by atoms with van der Waals surface area (Å²) in [5.74, 6) is -0.992. The molecule has 2 N–H and O–H groups in total. The molecule has 0 bridgehead atoms. The van der Waals surface area contributed by atoms with Crippen LogP contribution in [0.2, 0.25) is 0 Å². The Hall–Kier alpha value is -1.48. The Bertz CT molecular complexity index is 862. The van der Waals surface area contributed by atoms with Gasteiger partial charge in [-0.3, -0.25) is 9.69 Å². The highest BCUT2D eigenvalue weighted by atomic mass is 32.2. The van der Waals surface area contributed by atoms with Gasteiger partial charge in [0.1, 0.15) is 5.54 Å². The Labute approximate surface area is 179 Å². The van der Waals surface area contributed by atoms with E-state index in [0.717, 1.165) is 11.5 Å². The minimum Gasteiger partial charge on any atom is -0.480 e. The van der Waals surface area contributed by atoms with Crippen LogP contribution in [0.25, 0.3) is 0 Å². The molecule has 166 valence electrons. The van der Waals surface area contributed by atoms with Crippen LogP contribution in [0.3, 0.4) is 0 Å².